The number of benzene rings is 1. The van der Waals surface area contributed by atoms with Crippen LogP contribution in [-0.2, 0) is 4.74 Å². The number of nitro groups is 1. The van der Waals surface area contributed by atoms with Gasteiger partial charge in [0, 0.05) is 18.6 Å². The zero-order chi connectivity index (χ0) is 28.3. The fraction of sp³-hybridized carbons (Fsp3) is 0.735. The van der Waals surface area contributed by atoms with Gasteiger partial charge in [-0.1, -0.05) is 70.9 Å². The minimum atomic E-state index is -0.729. The summed E-state index contributed by atoms with van der Waals surface area (Å²) in [5.74, 6) is 3.57. The van der Waals surface area contributed by atoms with Crippen LogP contribution in [0, 0.1) is 44.6 Å². The summed E-state index contributed by atoms with van der Waals surface area (Å²) in [5.41, 5.74) is 2.18. The van der Waals surface area contributed by atoms with Crippen LogP contribution < -0.4 is 4.74 Å². The highest BCUT2D eigenvalue weighted by atomic mass is 16.7. The molecule has 0 N–H and O–H groups in total. The minimum Gasteiger partial charge on any atom is -0.430 e. The van der Waals surface area contributed by atoms with Crippen LogP contribution in [0.4, 0.5) is 10.5 Å². The second-order valence-corrected chi connectivity index (χ2v) is 13.7. The second-order valence-electron chi connectivity index (χ2n) is 13.7. The Hall–Kier alpha value is -2.37. The largest absolute Gasteiger partial charge is 0.514 e. The molecule has 6 heteroatoms. The molecule has 3 fully saturated rings. The first-order valence-corrected chi connectivity index (χ1v) is 16.1. The maximum Gasteiger partial charge on any atom is 0.514 e. The third-order valence-electron chi connectivity index (χ3n) is 11.7. The molecule has 3 saturated carbocycles. The van der Waals surface area contributed by atoms with E-state index in [1.807, 2.05) is 0 Å². The fourth-order valence-corrected chi connectivity index (χ4v) is 9.37. The number of nitrogens with zero attached hydrogens (tertiary/aromatic N) is 1. The molecular weight excluding hydrogens is 502 g/mol. The van der Waals surface area contributed by atoms with Crippen LogP contribution in [-0.4, -0.2) is 17.2 Å². The highest BCUT2D eigenvalue weighted by molar-refractivity contribution is 5.64. The smallest absolute Gasteiger partial charge is 0.430 e. The molecule has 1 aromatic carbocycles. The summed E-state index contributed by atoms with van der Waals surface area (Å²) in [6, 6.07) is 5.51. The quantitative estimate of drug-likeness (QED) is 0.0722. The lowest BCUT2D eigenvalue weighted by molar-refractivity contribution is -0.384. The summed E-state index contributed by atoms with van der Waals surface area (Å²) < 4.78 is 11.1. The Morgan fingerprint density at radius 1 is 0.975 bits per heavy atom. The number of carbonyl (C=O) groups is 1. The number of hydrogen-bond donors (Lipinski definition) is 0. The first-order chi connectivity index (χ1) is 19.2. The van der Waals surface area contributed by atoms with Crippen LogP contribution in [0.25, 0.3) is 0 Å². The summed E-state index contributed by atoms with van der Waals surface area (Å²) in [4.78, 5) is 22.9. The van der Waals surface area contributed by atoms with E-state index < -0.39 is 11.1 Å². The van der Waals surface area contributed by atoms with E-state index in [2.05, 4.69) is 26.8 Å². The second kappa shape index (κ2) is 12.2. The summed E-state index contributed by atoms with van der Waals surface area (Å²) in [5, 5.41) is 10.9. The van der Waals surface area contributed by atoms with Gasteiger partial charge in [-0.25, -0.2) is 4.79 Å². The first-order valence-electron chi connectivity index (χ1n) is 16.1. The molecule has 5 rings (SSSR count). The SMILES string of the molecule is CCCCCCCCC1CCC2C3CC=C4CC(OC(=O)Oc5ccc([N+](=O)[O-])cc5)CCC4(C)C3CCC12C. The van der Waals surface area contributed by atoms with E-state index in [1.54, 1.807) is 0 Å². The van der Waals surface area contributed by atoms with Crippen molar-refractivity contribution in [2.24, 2.45) is 34.5 Å². The van der Waals surface area contributed by atoms with Crippen LogP contribution in [0.15, 0.2) is 35.9 Å². The van der Waals surface area contributed by atoms with Gasteiger partial charge in [0.1, 0.15) is 11.9 Å². The standard InChI is InChI=1S/C34H49NO5/c1-4-5-6-7-8-9-10-24-12-18-30-29-17-11-25-23-28(19-21-34(25,3)31(29)20-22-33(24,30)2)40-32(36)39-27-15-13-26(14-16-27)35(37)38/h11,13-16,24,28-31H,4-10,12,17-23H2,1-3H3. The van der Waals surface area contributed by atoms with E-state index in [1.165, 1.54) is 107 Å². The van der Waals surface area contributed by atoms with E-state index in [-0.39, 0.29) is 23.0 Å². The Labute approximate surface area is 240 Å². The Bertz CT molecular complexity index is 1080. The molecule has 220 valence electrons. The predicted molar refractivity (Wildman–Crippen MR) is 157 cm³/mol. The van der Waals surface area contributed by atoms with E-state index >= 15 is 0 Å². The van der Waals surface area contributed by atoms with Crippen molar-refractivity contribution < 1.29 is 19.2 Å². The van der Waals surface area contributed by atoms with Crippen molar-refractivity contribution in [3.63, 3.8) is 0 Å². The van der Waals surface area contributed by atoms with Gasteiger partial charge in [-0.15, -0.1) is 0 Å². The molecule has 4 aliphatic carbocycles. The number of nitro benzene ring substituents is 1. The van der Waals surface area contributed by atoms with Gasteiger partial charge in [0.15, 0.2) is 0 Å². The minimum absolute atomic E-state index is 0.0382. The Balaban J connectivity index is 1.16. The number of fused-ring (bicyclic) bond motifs is 5. The summed E-state index contributed by atoms with van der Waals surface area (Å²) in [7, 11) is 0. The molecule has 0 aromatic heterocycles. The Kier molecular flexibility index (Phi) is 8.92. The monoisotopic (exact) mass is 551 g/mol. The molecular formula is C34H49NO5. The van der Waals surface area contributed by atoms with Gasteiger partial charge in [-0.05, 0) is 98.0 Å². The molecule has 7 atom stereocenters. The molecule has 7 unspecified atom stereocenters. The topological polar surface area (TPSA) is 78.7 Å². The number of non-ortho nitro benzene ring substituents is 1. The number of hydrogen-bond acceptors (Lipinski definition) is 5. The molecule has 0 spiro atoms. The molecule has 4 aliphatic rings. The normalized spacial score (nSPS) is 34.7. The van der Waals surface area contributed by atoms with Crippen molar-refractivity contribution in [3.05, 3.63) is 46.0 Å². The van der Waals surface area contributed by atoms with E-state index in [0.29, 0.717) is 5.41 Å². The van der Waals surface area contributed by atoms with E-state index in [0.717, 1.165) is 42.9 Å². The van der Waals surface area contributed by atoms with Gasteiger partial charge in [0.05, 0.1) is 4.92 Å². The summed E-state index contributed by atoms with van der Waals surface area (Å²) >= 11 is 0. The number of rotatable bonds is 10. The molecule has 0 amide bonds. The Morgan fingerprint density at radius 2 is 1.73 bits per heavy atom. The van der Waals surface area contributed by atoms with Crippen LogP contribution >= 0.6 is 0 Å². The molecule has 0 saturated heterocycles. The fourth-order valence-electron chi connectivity index (χ4n) is 9.37. The Morgan fingerprint density at radius 3 is 2.48 bits per heavy atom. The van der Waals surface area contributed by atoms with E-state index in [4.69, 9.17) is 9.47 Å². The lowest BCUT2D eigenvalue weighted by Gasteiger charge is -2.58. The molecule has 40 heavy (non-hydrogen) atoms. The molecule has 0 aliphatic heterocycles. The van der Waals surface area contributed by atoms with Gasteiger partial charge in [0.2, 0.25) is 0 Å². The number of allylic oxidation sites excluding steroid dienone is 1. The van der Waals surface area contributed by atoms with Crippen molar-refractivity contribution >= 4 is 11.8 Å². The number of carbonyl (C=O) groups excluding carboxylic acids is 1. The third kappa shape index (κ3) is 5.83. The third-order valence-corrected chi connectivity index (χ3v) is 11.7. The van der Waals surface area contributed by atoms with Crippen LogP contribution in [0.1, 0.15) is 117 Å². The summed E-state index contributed by atoms with van der Waals surface area (Å²) in [6.45, 7) is 7.43. The zero-order valence-electron chi connectivity index (χ0n) is 24.9. The average molecular weight is 552 g/mol. The van der Waals surface area contributed by atoms with Crippen molar-refractivity contribution in [1.82, 2.24) is 0 Å². The highest BCUT2D eigenvalue weighted by Crippen LogP contribution is 2.66. The molecule has 0 heterocycles. The highest BCUT2D eigenvalue weighted by Gasteiger charge is 2.58. The number of unbranched alkanes of at least 4 members (excludes halogenated alkanes) is 5. The van der Waals surface area contributed by atoms with Gasteiger partial charge >= 0.3 is 6.16 Å². The molecule has 1 aromatic rings. The number of ether oxygens (including phenoxy) is 2. The average Bonchev–Trinajstić information content (AvgIpc) is 3.27. The van der Waals surface area contributed by atoms with Crippen molar-refractivity contribution in [2.75, 3.05) is 0 Å². The van der Waals surface area contributed by atoms with E-state index in [9.17, 15) is 14.9 Å². The van der Waals surface area contributed by atoms with Crippen molar-refractivity contribution in [2.45, 2.75) is 123 Å². The van der Waals surface area contributed by atoms with Crippen molar-refractivity contribution in [3.8, 4) is 5.75 Å². The predicted octanol–water partition coefficient (Wildman–Crippen LogP) is 9.81. The molecule has 0 bridgehead atoms. The van der Waals surface area contributed by atoms with Crippen molar-refractivity contribution in [1.29, 1.82) is 0 Å². The zero-order valence-corrected chi connectivity index (χ0v) is 24.9. The van der Waals surface area contributed by atoms with Crippen LogP contribution in [0.5, 0.6) is 5.75 Å². The van der Waals surface area contributed by atoms with Crippen LogP contribution in [0.2, 0.25) is 0 Å². The maximum atomic E-state index is 12.5. The van der Waals surface area contributed by atoms with Gasteiger partial charge in [-0.3, -0.25) is 10.1 Å². The maximum absolute atomic E-state index is 12.5. The first kappa shape index (κ1) is 29.1. The van der Waals surface area contributed by atoms with Gasteiger partial charge in [0.25, 0.3) is 5.69 Å². The molecule has 0 radical (unpaired) electrons. The lowest BCUT2D eigenvalue weighted by atomic mass is 9.47. The van der Waals surface area contributed by atoms with Gasteiger partial charge < -0.3 is 9.47 Å². The molecule has 6 nitrogen and oxygen atoms in total. The summed E-state index contributed by atoms with van der Waals surface area (Å²) in [6.07, 6.45) is 20.9. The van der Waals surface area contributed by atoms with Crippen LogP contribution in [0.3, 0.4) is 0 Å². The lowest BCUT2D eigenvalue weighted by Crippen LogP contribution is -2.50. The van der Waals surface area contributed by atoms with Gasteiger partial charge in [-0.2, -0.15) is 0 Å².